The van der Waals surface area contributed by atoms with E-state index in [-0.39, 0.29) is 11.4 Å². The van der Waals surface area contributed by atoms with Gasteiger partial charge in [0.15, 0.2) is 0 Å². The van der Waals surface area contributed by atoms with E-state index in [0.29, 0.717) is 0 Å². The molecule has 0 fully saturated rings. The zero-order valence-corrected chi connectivity index (χ0v) is 10.4. The fourth-order valence-corrected chi connectivity index (χ4v) is 2.42. The van der Waals surface area contributed by atoms with Crippen molar-refractivity contribution in [3.05, 3.63) is 41.4 Å². The maximum atomic E-state index is 6.12. The Morgan fingerprint density at radius 3 is 3.06 bits per heavy atom. The summed E-state index contributed by atoms with van der Waals surface area (Å²) in [6.07, 6.45) is 10.4. The lowest BCUT2D eigenvalue weighted by Gasteiger charge is -2.16. The van der Waals surface area contributed by atoms with E-state index in [2.05, 4.69) is 36.2 Å². The lowest BCUT2D eigenvalue weighted by Crippen LogP contribution is -2.12. The van der Waals surface area contributed by atoms with Crippen molar-refractivity contribution in [1.82, 2.24) is 0 Å². The van der Waals surface area contributed by atoms with Gasteiger partial charge in [0.2, 0.25) is 0 Å². The van der Waals surface area contributed by atoms with Crippen LogP contribution in [0.25, 0.3) is 5.57 Å². The van der Waals surface area contributed by atoms with Crippen LogP contribution in [0.1, 0.15) is 42.8 Å². The minimum Gasteiger partial charge on any atom is -0.455 e. The number of hydrogen-bond acceptors (Lipinski definition) is 2. The molecule has 0 spiro atoms. The maximum Gasteiger partial charge on any atom is 0.149 e. The highest BCUT2D eigenvalue weighted by molar-refractivity contribution is 6.21. The van der Waals surface area contributed by atoms with Crippen molar-refractivity contribution >= 4 is 23.4 Å². The Morgan fingerprint density at radius 1 is 1.41 bits per heavy atom. The summed E-state index contributed by atoms with van der Waals surface area (Å²) < 4.78 is 5.84. The lowest BCUT2D eigenvalue weighted by molar-refractivity contribution is 0.534. The summed E-state index contributed by atoms with van der Waals surface area (Å²) in [5.41, 5.74) is 2.15. The molecule has 3 heteroatoms. The van der Waals surface area contributed by atoms with Gasteiger partial charge in [-0.1, -0.05) is 36.8 Å². The van der Waals surface area contributed by atoms with Crippen molar-refractivity contribution < 1.29 is 4.42 Å². The summed E-state index contributed by atoms with van der Waals surface area (Å²) in [5, 5.41) is 0. The van der Waals surface area contributed by atoms with Gasteiger partial charge in [-0.2, -0.15) is 0 Å². The van der Waals surface area contributed by atoms with Crippen LogP contribution in [0.2, 0.25) is 0 Å². The highest BCUT2D eigenvalue weighted by Crippen LogP contribution is 2.35. The summed E-state index contributed by atoms with van der Waals surface area (Å²) in [6.45, 7) is 2.08. The standard InChI is InChI=1S/C14H14ClNO/c1-9-11-7-12(10-5-3-2-4-6-10)17-13(11)8-16-14(9)15/h3,5-9,14H,2,4H2,1H3. The van der Waals surface area contributed by atoms with E-state index in [1.807, 2.05) is 0 Å². The molecule has 1 aromatic rings. The van der Waals surface area contributed by atoms with Gasteiger partial charge in [0.1, 0.15) is 17.0 Å². The molecule has 0 aromatic carbocycles. The highest BCUT2D eigenvalue weighted by atomic mass is 35.5. The third kappa shape index (κ3) is 1.87. The summed E-state index contributed by atoms with van der Waals surface area (Å²) in [5.74, 6) is 1.99. The van der Waals surface area contributed by atoms with Crippen molar-refractivity contribution in [3.8, 4) is 0 Å². The SMILES string of the molecule is CC1c2cc(C3=CCCC=C3)oc2C=NC1Cl. The first kappa shape index (κ1) is 10.8. The molecule has 88 valence electrons. The Hall–Kier alpha value is -1.28. The molecule has 0 amide bonds. The van der Waals surface area contributed by atoms with Gasteiger partial charge in [-0.3, -0.25) is 4.99 Å². The second-order valence-electron chi connectivity index (χ2n) is 4.51. The number of rotatable bonds is 1. The number of allylic oxidation sites excluding steroid dienone is 4. The molecule has 2 nitrogen and oxygen atoms in total. The van der Waals surface area contributed by atoms with E-state index in [0.717, 1.165) is 35.5 Å². The third-order valence-corrected chi connectivity index (χ3v) is 3.80. The summed E-state index contributed by atoms with van der Waals surface area (Å²) in [7, 11) is 0. The van der Waals surface area contributed by atoms with Gasteiger partial charge >= 0.3 is 0 Å². The molecule has 3 rings (SSSR count). The van der Waals surface area contributed by atoms with E-state index in [1.54, 1.807) is 6.21 Å². The van der Waals surface area contributed by atoms with E-state index in [9.17, 15) is 0 Å². The van der Waals surface area contributed by atoms with Gasteiger partial charge in [-0.05, 0) is 18.9 Å². The van der Waals surface area contributed by atoms with Crippen molar-refractivity contribution in [2.75, 3.05) is 0 Å². The molecule has 0 radical (unpaired) electrons. The van der Waals surface area contributed by atoms with Crippen molar-refractivity contribution in [3.63, 3.8) is 0 Å². The van der Waals surface area contributed by atoms with E-state index in [1.165, 1.54) is 0 Å². The van der Waals surface area contributed by atoms with Crippen LogP contribution in [-0.4, -0.2) is 11.7 Å². The first-order chi connectivity index (χ1) is 8.25. The summed E-state index contributed by atoms with van der Waals surface area (Å²) in [6, 6.07) is 2.10. The normalized spacial score (nSPS) is 26.8. The number of alkyl halides is 1. The summed E-state index contributed by atoms with van der Waals surface area (Å²) in [4.78, 5) is 4.22. The molecule has 1 aromatic heterocycles. The molecular formula is C14H14ClNO. The molecule has 2 heterocycles. The molecule has 2 atom stereocenters. The van der Waals surface area contributed by atoms with E-state index in [4.69, 9.17) is 16.0 Å². The third-order valence-electron chi connectivity index (χ3n) is 3.31. The van der Waals surface area contributed by atoms with Crippen molar-refractivity contribution in [2.24, 2.45) is 4.99 Å². The van der Waals surface area contributed by atoms with Gasteiger partial charge < -0.3 is 4.42 Å². The zero-order valence-electron chi connectivity index (χ0n) is 9.69. The Bertz CT molecular complexity index is 524. The molecule has 2 aliphatic rings. The van der Waals surface area contributed by atoms with Crippen LogP contribution < -0.4 is 0 Å². The predicted octanol–water partition coefficient (Wildman–Crippen LogP) is 4.11. The Labute approximate surface area is 106 Å². The zero-order chi connectivity index (χ0) is 11.8. The number of halogens is 1. The van der Waals surface area contributed by atoms with Crippen LogP contribution in [-0.2, 0) is 0 Å². The lowest BCUT2D eigenvalue weighted by atomic mass is 9.98. The molecule has 0 N–H and O–H groups in total. The molecule has 17 heavy (non-hydrogen) atoms. The second-order valence-corrected chi connectivity index (χ2v) is 4.96. The van der Waals surface area contributed by atoms with Crippen LogP contribution in [0.5, 0.6) is 0 Å². The first-order valence-electron chi connectivity index (χ1n) is 5.94. The minimum atomic E-state index is -0.177. The van der Waals surface area contributed by atoms with Gasteiger partial charge in [-0.15, -0.1) is 0 Å². The Kier molecular flexibility index (Phi) is 2.67. The highest BCUT2D eigenvalue weighted by Gasteiger charge is 2.25. The smallest absolute Gasteiger partial charge is 0.149 e. The van der Waals surface area contributed by atoms with Crippen LogP contribution in [0.15, 0.2) is 33.7 Å². The van der Waals surface area contributed by atoms with E-state index < -0.39 is 0 Å². The van der Waals surface area contributed by atoms with Crippen LogP contribution >= 0.6 is 11.6 Å². The minimum absolute atomic E-state index is 0.177. The monoisotopic (exact) mass is 247 g/mol. The van der Waals surface area contributed by atoms with Crippen molar-refractivity contribution in [1.29, 1.82) is 0 Å². The first-order valence-corrected chi connectivity index (χ1v) is 6.37. The fraction of sp³-hybridized carbons (Fsp3) is 0.357. The van der Waals surface area contributed by atoms with Crippen LogP contribution in [0.4, 0.5) is 0 Å². The number of furan rings is 1. The van der Waals surface area contributed by atoms with Crippen molar-refractivity contribution in [2.45, 2.75) is 31.2 Å². The molecular weight excluding hydrogens is 234 g/mol. The van der Waals surface area contributed by atoms with Crippen LogP contribution in [0, 0.1) is 0 Å². The summed E-state index contributed by atoms with van der Waals surface area (Å²) >= 11 is 6.12. The average molecular weight is 248 g/mol. The van der Waals surface area contributed by atoms with Gasteiger partial charge in [0.05, 0.1) is 6.21 Å². The Morgan fingerprint density at radius 2 is 2.29 bits per heavy atom. The number of hydrogen-bond donors (Lipinski definition) is 0. The van der Waals surface area contributed by atoms with Crippen LogP contribution in [0.3, 0.4) is 0 Å². The molecule has 2 unspecified atom stereocenters. The predicted molar refractivity (Wildman–Crippen MR) is 70.7 cm³/mol. The number of fused-ring (bicyclic) bond motifs is 1. The second kappa shape index (κ2) is 4.19. The fourth-order valence-electron chi connectivity index (χ4n) is 2.23. The maximum absolute atomic E-state index is 6.12. The topological polar surface area (TPSA) is 25.5 Å². The van der Waals surface area contributed by atoms with E-state index >= 15 is 0 Å². The number of nitrogens with zero attached hydrogens (tertiary/aromatic N) is 1. The molecule has 1 aliphatic heterocycles. The molecule has 0 saturated carbocycles. The van der Waals surface area contributed by atoms with Gasteiger partial charge in [0, 0.05) is 17.1 Å². The largest absolute Gasteiger partial charge is 0.455 e. The molecule has 0 saturated heterocycles. The average Bonchev–Trinajstić information content (AvgIpc) is 2.80. The van der Waals surface area contributed by atoms with Gasteiger partial charge in [0.25, 0.3) is 0 Å². The quantitative estimate of drug-likeness (QED) is 0.542. The molecule has 0 bridgehead atoms. The Balaban J connectivity index is 2.00. The van der Waals surface area contributed by atoms with Gasteiger partial charge in [-0.25, -0.2) is 0 Å². The number of aliphatic imine (C=N–C) groups is 1. The molecule has 1 aliphatic carbocycles.